The maximum Gasteiger partial charge on any atom is 0.271 e. The van der Waals surface area contributed by atoms with Crippen LogP contribution in [0.15, 0.2) is 52.4 Å². The van der Waals surface area contributed by atoms with E-state index >= 15 is 0 Å². The first-order valence-electron chi connectivity index (χ1n) is 10.7. The molecule has 1 N–H and O–H groups in total. The molecule has 2 aliphatic heterocycles. The maximum atomic E-state index is 12.8. The Morgan fingerprint density at radius 1 is 1.18 bits per heavy atom. The number of ether oxygens (including phenoxy) is 2. The average molecular weight is 467 g/mol. The minimum absolute atomic E-state index is 0.0900. The van der Waals surface area contributed by atoms with Gasteiger partial charge in [0.1, 0.15) is 23.4 Å². The average Bonchev–Trinajstić information content (AvgIpc) is 3.19. The number of para-hydroxylation sites is 1. The maximum absolute atomic E-state index is 12.8. The Balaban J connectivity index is 1.55. The molecule has 0 fully saturated rings. The molecule has 2 heterocycles. The van der Waals surface area contributed by atoms with E-state index < -0.39 is 6.04 Å². The number of carbonyl (C=O) groups is 2. The zero-order chi connectivity index (χ0) is 23.5. The number of aliphatic imine (C=N–C) groups is 2. The van der Waals surface area contributed by atoms with Crippen LogP contribution in [0.4, 0.5) is 11.4 Å². The third-order valence-electron chi connectivity index (χ3n) is 5.74. The molecule has 2 aromatic rings. The minimum Gasteiger partial charge on any atom is -0.497 e. The zero-order valence-electron chi connectivity index (χ0n) is 19.0. The Hall–Kier alpha value is -3.33. The fourth-order valence-electron chi connectivity index (χ4n) is 3.82. The molecule has 172 valence electrons. The summed E-state index contributed by atoms with van der Waals surface area (Å²) < 4.78 is 10.6. The number of benzene rings is 2. The van der Waals surface area contributed by atoms with Crippen LogP contribution in [0, 0.1) is 5.92 Å². The van der Waals surface area contributed by atoms with Gasteiger partial charge in [-0.25, -0.2) is 4.99 Å². The van der Waals surface area contributed by atoms with Gasteiger partial charge in [0, 0.05) is 11.6 Å². The number of thioether (sulfide) groups is 1. The number of amides is 2. The van der Waals surface area contributed by atoms with E-state index in [2.05, 4.69) is 10.3 Å². The molecule has 0 aromatic heterocycles. The quantitative estimate of drug-likeness (QED) is 0.661. The summed E-state index contributed by atoms with van der Waals surface area (Å²) in [5.41, 5.74) is 2.12. The van der Waals surface area contributed by atoms with Crippen molar-refractivity contribution in [3.8, 4) is 11.5 Å². The van der Waals surface area contributed by atoms with Crippen molar-refractivity contribution in [2.24, 2.45) is 15.9 Å². The van der Waals surface area contributed by atoms with Crippen LogP contribution < -0.4 is 14.8 Å². The summed E-state index contributed by atoms with van der Waals surface area (Å²) in [5, 5.41) is 3.47. The van der Waals surface area contributed by atoms with Crippen molar-refractivity contribution in [2.75, 3.05) is 25.3 Å². The minimum atomic E-state index is -0.422. The number of rotatable bonds is 7. The fraction of sp³-hybridized carbons (Fsp3) is 0.333. The molecular formula is C24H26N4O4S. The summed E-state index contributed by atoms with van der Waals surface area (Å²) in [5.74, 6) is 1.57. The topological polar surface area (TPSA) is 92.6 Å². The lowest BCUT2D eigenvalue weighted by atomic mass is 9.97. The number of hydrogen-bond donors (Lipinski definition) is 1. The molecule has 2 aliphatic rings. The Labute approximate surface area is 197 Å². The van der Waals surface area contributed by atoms with Gasteiger partial charge in [-0.1, -0.05) is 44.2 Å². The lowest BCUT2D eigenvalue weighted by molar-refractivity contribution is -0.120. The molecule has 4 rings (SSSR count). The molecule has 0 saturated carbocycles. The molecule has 2 atom stereocenters. The highest BCUT2D eigenvalue weighted by Gasteiger charge is 2.43. The standard InChI is InChI=1S/C24H26N4O4S/c1-5-14(2)21-23(30)27-22-16-8-6-7-9-17(16)26-24(28(21)22)33-13-20(29)25-18-11-10-15(31-3)12-19(18)32-4/h6-12,14,21H,5,13H2,1-4H3,(H,25,29). The van der Waals surface area contributed by atoms with Gasteiger partial charge in [-0.15, -0.1) is 0 Å². The van der Waals surface area contributed by atoms with Crippen LogP contribution in [0.1, 0.15) is 25.8 Å². The second-order valence-electron chi connectivity index (χ2n) is 7.79. The molecule has 2 unspecified atom stereocenters. The van der Waals surface area contributed by atoms with Crippen LogP contribution in [0.3, 0.4) is 0 Å². The van der Waals surface area contributed by atoms with Crippen LogP contribution in [0.5, 0.6) is 11.5 Å². The Morgan fingerprint density at radius 3 is 2.70 bits per heavy atom. The van der Waals surface area contributed by atoms with Crippen molar-refractivity contribution < 1.29 is 19.1 Å². The largest absolute Gasteiger partial charge is 0.497 e. The number of anilines is 1. The molecular weight excluding hydrogens is 440 g/mol. The second kappa shape index (κ2) is 9.66. The van der Waals surface area contributed by atoms with E-state index in [0.29, 0.717) is 28.2 Å². The first-order chi connectivity index (χ1) is 16.0. The van der Waals surface area contributed by atoms with Crippen LogP contribution in [0.25, 0.3) is 0 Å². The number of fused-ring (bicyclic) bond motifs is 3. The fourth-order valence-corrected chi connectivity index (χ4v) is 4.66. The predicted molar refractivity (Wildman–Crippen MR) is 131 cm³/mol. The highest BCUT2D eigenvalue weighted by molar-refractivity contribution is 8.14. The number of hydrogen-bond acceptors (Lipinski definition) is 7. The lowest BCUT2D eigenvalue weighted by Gasteiger charge is -2.33. The Morgan fingerprint density at radius 2 is 1.97 bits per heavy atom. The van der Waals surface area contributed by atoms with Crippen molar-refractivity contribution >= 4 is 46.0 Å². The van der Waals surface area contributed by atoms with E-state index in [0.717, 1.165) is 17.7 Å². The van der Waals surface area contributed by atoms with Crippen molar-refractivity contribution in [3.05, 3.63) is 48.0 Å². The summed E-state index contributed by atoms with van der Waals surface area (Å²) in [6.45, 7) is 4.08. The SMILES string of the molecule is CCC(C)C1C(=O)N=C2c3ccccc3N=C(SCC(=O)Nc3ccc(OC)cc3OC)N21. The van der Waals surface area contributed by atoms with Gasteiger partial charge < -0.3 is 14.8 Å². The van der Waals surface area contributed by atoms with Gasteiger partial charge in [0.2, 0.25) is 5.91 Å². The molecule has 0 spiro atoms. The zero-order valence-corrected chi connectivity index (χ0v) is 19.8. The van der Waals surface area contributed by atoms with Gasteiger partial charge in [0.25, 0.3) is 5.91 Å². The van der Waals surface area contributed by atoms with Gasteiger partial charge in [-0.3, -0.25) is 14.5 Å². The van der Waals surface area contributed by atoms with E-state index in [1.54, 1.807) is 25.3 Å². The van der Waals surface area contributed by atoms with E-state index in [1.807, 2.05) is 43.0 Å². The molecule has 8 nitrogen and oxygen atoms in total. The van der Waals surface area contributed by atoms with Crippen LogP contribution >= 0.6 is 11.8 Å². The van der Waals surface area contributed by atoms with Gasteiger partial charge in [-0.2, -0.15) is 4.99 Å². The number of carbonyl (C=O) groups excluding carboxylic acids is 2. The first-order valence-corrected chi connectivity index (χ1v) is 11.7. The van der Waals surface area contributed by atoms with Crippen LogP contribution in [-0.2, 0) is 9.59 Å². The van der Waals surface area contributed by atoms with Crippen molar-refractivity contribution in [3.63, 3.8) is 0 Å². The summed E-state index contributed by atoms with van der Waals surface area (Å²) in [7, 11) is 3.10. The Bertz CT molecular complexity index is 1150. The summed E-state index contributed by atoms with van der Waals surface area (Å²) in [4.78, 5) is 36.6. The second-order valence-corrected chi connectivity index (χ2v) is 8.73. The molecule has 33 heavy (non-hydrogen) atoms. The smallest absolute Gasteiger partial charge is 0.271 e. The monoisotopic (exact) mass is 466 g/mol. The molecule has 9 heteroatoms. The van der Waals surface area contributed by atoms with Crippen LogP contribution in [-0.4, -0.2) is 53.7 Å². The summed E-state index contributed by atoms with van der Waals surface area (Å²) in [6.07, 6.45) is 0.826. The van der Waals surface area contributed by atoms with Crippen molar-refractivity contribution in [1.29, 1.82) is 0 Å². The molecule has 2 amide bonds. The normalized spacial score (nSPS) is 17.5. The summed E-state index contributed by atoms with van der Waals surface area (Å²) in [6, 6.07) is 12.4. The third kappa shape index (κ3) is 4.45. The first kappa shape index (κ1) is 22.8. The van der Waals surface area contributed by atoms with Gasteiger partial charge in [-0.05, 0) is 30.2 Å². The molecule has 0 aliphatic carbocycles. The molecule has 2 aromatic carbocycles. The Kier molecular flexibility index (Phi) is 6.69. The molecule has 0 bridgehead atoms. The van der Waals surface area contributed by atoms with Gasteiger partial charge in [0.15, 0.2) is 5.17 Å². The van der Waals surface area contributed by atoms with Crippen molar-refractivity contribution in [1.82, 2.24) is 4.90 Å². The summed E-state index contributed by atoms with van der Waals surface area (Å²) >= 11 is 1.28. The van der Waals surface area contributed by atoms with E-state index in [-0.39, 0.29) is 23.5 Å². The van der Waals surface area contributed by atoms with E-state index in [1.165, 1.54) is 18.9 Å². The highest BCUT2D eigenvalue weighted by Crippen LogP contribution is 2.36. The predicted octanol–water partition coefficient (Wildman–Crippen LogP) is 4.08. The van der Waals surface area contributed by atoms with Crippen molar-refractivity contribution in [2.45, 2.75) is 26.3 Å². The number of nitrogens with one attached hydrogen (secondary N) is 1. The third-order valence-corrected chi connectivity index (χ3v) is 6.69. The molecule has 0 radical (unpaired) electrons. The highest BCUT2D eigenvalue weighted by atomic mass is 32.2. The lowest BCUT2D eigenvalue weighted by Crippen LogP contribution is -2.47. The number of nitrogens with zero attached hydrogens (tertiary/aromatic N) is 3. The van der Waals surface area contributed by atoms with E-state index in [4.69, 9.17) is 14.5 Å². The van der Waals surface area contributed by atoms with Gasteiger partial charge >= 0.3 is 0 Å². The number of methoxy groups -OCH3 is 2. The van der Waals surface area contributed by atoms with Crippen LogP contribution in [0.2, 0.25) is 0 Å². The van der Waals surface area contributed by atoms with Gasteiger partial charge in [0.05, 0.1) is 31.3 Å². The van der Waals surface area contributed by atoms with E-state index in [9.17, 15) is 9.59 Å². The number of amidine groups is 2. The molecule has 0 saturated heterocycles.